The highest BCUT2D eigenvalue weighted by atomic mass is 19.2. The van der Waals surface area contributed by atoms with Crippen molar-refractivity contribution >= 4 is 11.6 Å². The van der Waals surface area contributed by atoms with Gasteiger partial charge in [-0.1, -0.05) is 38.0 Å². The molecule has 0 aliphatic heterocycles. The van der Waals surface area contributed by atoms with Gasteiger partial charge >= 0.3 is 0 Å². The Hall–Kier alpha value is -3.02. The normalized spacial score (nSPS) is 13.1. The van der Waals surface area contributed by atoms with Crippen molar-refractivity contribution in [1.82, 2.24) is 0 Å². The summed E-state index contributed by atoms with van der Waals surface area (Å²) in [6.07, 6.45) is 5.92. The molecule has 0 radical (unpaired) electrons. The molecule has 0 unspecified atom stereocenters. The van der Waals surface area contributed by atoms with E-state index in [-0.39, 0.29) is 23.4 Å². The first-order valence-corrected chi connectivity index (χ1v) is 10.9. The first-order valence-electron chi connectivity index (χ1n) is 10.9. The fourth-order valence-electron chi connectivity index (χ4n) is 4.31. The molecule has 3 aromatic carbocycles. The van der Waals surface area contributed by atoms with Crippen molar-refractivity contribution in [2.45, 2.75) is 45.4 Å². The molecule has 4 rings (SSSR count). The number of benzene rings is 3. The van der Waals surface area contributed by atoms with Crippen LogP contribution in [0.2, 0.25) is 0 Å². The second-order valence-electron chi connectivity index (χ2n) is 8.31. The van der Waals surface area contributed by atoms with Crippen LogP contribution in [0.3, 0.4) is 0 Å². The number of rotatable bonds is 6. The van der Waals surface area contributed by atoms with E-state index in [0.29, 0.717) is 29.7 Å². The van der Waals surface area contributed by atoms with E-state index in [1.807, 2.05) is 6.07 Å². The van der Waals surface area contributed by atoms with E-state index in [4.69, 9.17) is 0 Å². The van der Waals surface area contributed by atoms with E-state index in [1.165, 1.54) is 12.1 Å². The topological polar surface area (TPSA) is 0 Å². The van der Waals surface area contributed by atoms with Gasteiger partial charge in [-0.15, -0.1) is 0 Å². The monoisotopic (exact) mass is 460 g/mol. The molecule has 6 heteroatoms. The van der Waals surface area contributed by atoms with Crippen LogP contribution >= 0.6 is 0 Å². The molecule has 0 aromatic heterocycles. The van der Waals surface area contributed by atoms with Crippen LogP contribution in [0.15, 0.2) is 36.4 Å². The predicted molar refractivity (Wildman–Crippen MR) is 117 cm³/mol. The summed E-state index contributed by atoms with van der Waals surface area (Å²) in [5, 5.41) is 0. The minimum absolute atomic E-state index is 0.157. The van der Waals surface area contributed by atoms with Crippen molar-refractivity contribution in [3.8, 4) is 11.1 Å². The molecule has 33 heavy (non-hydrogen) atoms. The molecule has 1 aliphatic rings. The highest BCUT2D eigenvalue weighted by molar-refractivity contribution is 5.86. The van der Waals surface area contributed by atoms with Crippen molar-refractivity contribution in [3.63, 3.8) is 0 Å². The molecule has 1 aliphatic carbocycles. The highest BCUT2D eigenvalue weighted by Gasteiger charge is 2.24. The predicted octanol–water partition coefficient (Wildman–Crippen LogP) is 8.41. The van der Waals surface area contributed by atoms with Crippen LogP contribution in [0.4, 0.5) is 26.3 Å². The molecule has 0 saturated heterocycles. The van der Waals surface area contributed by atoms with Gasteiger partial charge in [-0.25, -0.2) is 26.3 Å². The maximum atomic E-state index is 15.2. The minimum Gasteiger partial charge on any atom is -0.206 e. The first-order chi connectivity index (χ1) is 15.8. The van der Waals surface area contributed by atoms with Crippen molar-refractivity contribution in [2.24, 2.45) is 0 Å². The van der Waals surface area contributed by atoms with Gasteiger partial charge in [-0.2, -0.15) is 0 Å². The van der Waals surface area contributed by atoms with Gasteiger partial charge in [-0.3, -0.25) is 0 Å². The van der Waals surface area contributed by atoms with Crippen LogP contribution in [-0.2, 0) is 12.8 Å². The number of hydrogen-bond donors (Lipinski definition) is 0. The third-order valence-corrected chi connectivity index (χ3v) is 6.05. The maximum Gasteiger partial charge on any atom is 0.194 e. The van der Waals surface area contributed by atoms with E-state index in [2.05, 4.69) is 6.92 Å². The number of unbranched alkanes of at least 4 members (excludes halogenated alkanes) is 2. The van der Waals surface area contributed by atoms with Crippen LogP contribution < -0.4 is 0 Å². The Labute approximate surface area is 188 Å². The minimum atomic E-state index is -1.71. The summed E-state index contributed by atoms with van der Waals surface area (Å²) in [5.41, 5.74) is 1.26. The van der Waals surface area contributed by atoms with E-state index in [1.54, 1.807) is 6.07 Å². The first kappa shape index (κ1) is 23.1. The fourth-order valence-corrected chi connectivity index (χ4v) is 4.31. The van der Waals surface area contributed by atoms with Gasteiger partial charge in [0.1, 0.15) is 17.5 Å². The number of fused-ring (bicyclic) bond motifs is 1. The van der Waals surface area contributed by atoms with Gasteiger partial charge in [0.2, 0.25) is 0 Å². The Morgan fingerprint density at radius 2 is 1.45 bits per heavy atom. The van der Waals surface area contributed by atoms with E-state index in [0.717, 1.165) is 37.3 Å². The summed E-state index contributed by atoms with van der Waals surface area (Å²) in [4.78, 5) is 0. The average molecular weight is 460 g/mol. The summed E-state index contributed by atoms with van der Waals surface area (Å²) < 4.78 is 85.3. The standard InChI is InChI=1S/C27H22F6/c1-2-3-4-5-15-6-8-19(21(28)10-15)16-7-9-20-17(11-16)12-22(29)25(26(20)32)18-13-23(30)27(33)24(31)14-18/h6,8,10-14H,2-5,7,9H2,1H3. The van der Waals surface area contributed by atoms with Crippen molar-refractivity contribution in [2.75, 3.05) is 0 Å². The SMILES string of the molecule is CCCCCc1ccc(C2=Cc3cc(F)c(-c4cc(F)c(F)c(F)c4)c(F)c3CC2)c(F)c1. The summed E-state index contributed by atoms with van der Waals surface area (Å²) in [6.45, 7) is 2.10. The highest BCUT2D eigenvalue weighted by Crippen LogP contribution is 2.38. The smallest absolute Gasteiger partial charge is 0.194 e. The van der Waals surface area contributed by atoms with Crippen LogP contribution in [0.1, 0.15) is 54.9 Å². The van der Waals surface area contributed by atoms with Gasteiger partial charge in [0, 0.05) is 5.56 Å². The Morgan fingerprint density at radius 1 is 0.727 bits per heavy atom. The molecular formula is C27H22F6. The fraction of sp³-hybridized carbons (Fsp3) is 0.259. The summed E-state index contributed by atoms with van der Waals surface area (Å²) >= 11 is 0. The van der Waals surface area contributed by atoms with Crippen molar-refractivity contribution in [1.29, 1.82) is 0 Å². The van der Waals surface area contributed by atoms with Crippen LogP contribution in [-0.4, -0.2) is 0 Å². The van der Waals surface area contributed by atoms with Gasteiger partial charge in [0.05, 0.1) is 5.56 Å². The molecule has 0 N–H and O–H groups in total. The molecule has 0 fully saturated rings. The lowest BCUT2D eigenvalue weighted by atomic mass is 9.85. The van der Waals surface area contributed by atoms with Crippen LogP contribution in [0.5, 0.6) is 0 Å². The lowest BCUT2D eigenvalue weighted by molar-refractivity contribution is 0.447. The van der Waals surface area contributed by atoms with E-state index in [9.17, 15) is 22.0 Å². The Kier molecular flexibility index (Phi) is 6.63. The molecule has 0 saturated carbocycles. The molecule has 0 spiro atoms. The Morgan fingerprint density at radius 3 is 2.12 bits per heavy atom. The molecule has 0 atom stereocenters. The molecule has 0 heterocycles. The summed E-state index contributed by atoms with van der Waals surface area (Å²) in [6, 6.07) is 7.25. The van der Waals surface area contributed by atoms with Crippen molar-refractivity contribution in [3.05, 3.63) is 93.6 Å². The summed E-state index contributed by atoms with van der Waals surface area (Å²) in [5.74, 6) is -7.15. The molecule has 0 bridgehead atoms. The third kappa shape index (κ3) is 4.56. The lowest BCUT2D eigenvalue weighted by Crippen LogP contribution is -2.07. The molecule has 172 valence electrons. The van der Waals surface area contributed by atoms with Crippen LogP contribution in [0.25, 0.3) is 22.8 Å². The maximum absolute atomic E-state index is 15.2. The second kappa shape index (κ2) is 9.46. The van der Waals surface area contributed by atoms with E-state index < -0.39 is 40.2 Å². The summed E-state index contributed by atoms with van der Waals surface area (Å²) in [7, 11) is 0. The van der Waals surface area contributed by atoms with Gasteiger partial charge < -0.3 is 0 Å². The number of halogens is 6. The van der Waals surface area contributed by atoms with Gasteiger partial charge in [0.15, 0.2) is 17.5 Å². The van der Waals surface area contributed by atoms with Crippen LogP contribution in [0, 0.1) is 34.9 Å². The number of hydrogen-bond acceptors (Lipinski definition) is 0. The van der Waals surface area contributed by atoms with Crippen molar-refractivity contribution < 1.29 is 26.3 Å². The van der Waals surface area contributed by atoms with E-state index >= 15 is 4.39 Å². The average Bonchev–Trinajstić information content (AvgIpc) is 2.77. The number of allylic oxidation sites excluding steroid dienone is 1. The zero-order chi connectivity index (χ0) is 23.7. The Bertz CT molecular complexity index is 1220. The van der Waals surface area contributed by atoms with Gasteiger partial charge in [-0.05, 0) is 77.8 Å². The second-order valence-corrected chi connectivity index (χ2v) is 8.31. The molecule has 0 nitrogen and oxygen atoms in total. The lowest BCUT2D eigenvalue weighted by Gasteiger charge is -2.20. The molecule has 3 aromatic rings. The van der Waals surface area contributed by atoms with Gasteiger partial charge in [0.25, 0.3) is 0 Å². The molecular weight excluding hydrogens is 438 g/mol. The zero-order valence-electron chi connectivity index (χ0n) is 18.1. The zero-order valence-corrected chi connectivity index (χ0v) is 18.1. The number of aryl methyl sites for hydroxylation is 1. The third-order valence-electron chi connectivity index (χ3n) is 6.05. The molecule has 0 amide bonds. The Balaban J connectivity index is 1.70. The largest absolute Gasteiger partial charge is 0.206 e. The quantitative estimate of drug-likeness (QED) is 0.197.